The second-order valence-corrected chi connectivity index (χ2v) is 2.08. The fraction of sp³-hybridized carbons (Fsp3) is 0.400. The van der Waals surface area contributed by atoms with Crippen LogP contribution in [0.5, 0.6) is 0 Å². The van der Waals surface area contributed by atoms with Gasteiger partial charge >= 0.3 is 24.0 Å². The Morgan fingerprint density at radius 2 is 1.43 bits per heavy atom. The summed E-state index contributed by atoms with van der Waals surface area (Å²) in [5.41, 5.74) is 0. The lowest BCUT2D eigenvalue weighted by atomic mass is 10.3. The number of alkyl halides is 3. The third-order valence-corrected chi connectivity index (χ3v) is 1.03. The van der Waals surface area contributed by atoms with E-state index in [4.69, 9.17) is 10.2 Å². The number of aliphatic carboxylic acids is 2. The molecule has 14 heavy (non-hydrogen) atoms. The quantitative estimate of drug-likeness (QED) is 0.535. The van der Waals surface area contributed by atoms with Gasteiger partial charge in [-0.15, -0.1) is 0 Å². The van der Waals surface area contributed by atoms with Crippen LogP contribution in [0.25, 0.3) is 0 Å². The fourth-order valence-electron chi connectivity index (χ4n) is 0.442. The standard InChI is InChI=1S/C5H4F3NO5/c6-5(7,8)4(14)9-1(2(10)11)3(12)13/h1H,(H,9,14)(H,10,11)(H,12,13). The van der Waals surface area contributed by atoms with E-state index >= 15 is 0 Å². The number of hydrogen-bond acceptors (Lipinski definition) is 3. The zero-order valence-corrected chi connectivity index (χ0v) is 6.33. The molecule has 0 aromatic heterocycles. The summed E-state index contributed by atoms with van der Waals surface area (Å²) in [7, 11) is 0. The SMILES string of the molecule is O=C(O)C(NC(=O)C(F)(F)F)C(=O)O. The van der Waals surface area contributed by atoms with Crippen molar-refractivity contribution in [1.82, 2.24) is 5.32 Å². The maximum Gasteiger partial charge on any atom is 0.471 e. The predicted octanol–water partition coefficient (Wildman–Crippen LogP) is -0.797. The van der Waals surface area contributed by atoms with Gasteiger partial charge < -0.3 is 15.5 Å². The molecule has 0 aromatic rings. The molecule has 0 atom stereocenters. The molecule has 0 saturated heterocycles. The van der Waals surface area contributed by atoms with Gasteiger partial charge in [-0.2, -0.15) is 13.2 Å². The van der Waals surface area contributed by atoms with E-state index in [0.717, 1.165) is 5.32 Å². The molecule has 0 saturated carbocycles. The minimum atomic E-state index is -5.32. The first-order chi connectivity index (χ1) is 6.16. The Kier molecular flexibility index (Phi) is 3.43. The Labute approximate surface area is 74.3 Å². The summed E-state index contributed by atoms with van der Waals surface area (Å²) in [6.07, 6.45) is -5.32. The number of amides is 1. The number of carbonyl (C=O) groups is 3. The van der Waals surface area contributed by atoms with E-state index in [1.54, 1.807) is 0 Å². The molecule has 0 aliphatic carbocycles. The summed E-state index contributed by atoms with van der Waals surface area (Å²) in [6, 6.07) is -2.61. The van der Waals surface area contributed by atoms with Crippen LogP contribution in [0.4, 0.5) is 13.2 Å². The van der Waals surface area contributed by atoms with Crippen molar-refractivity contribution in [1.29, 1.82) is 0 Å². The lowest BCUT2D eigenvalue weighted by molar-refractivity contribution is -0.177. The third-order valence-electron chi connectivity index (χ3n) is 1.03. The van der Waals surface area contributed by atoms with Crippen molar-refractivity contribution < 1.29 is 37.8 Å². The number of halogens is 3. The van der Waals surface area contributed by atoms with Gasteiger partial charge in [-0.05, 0) is 0 Å². The van der Waals surface area contributed by atoms with Crippen LogP contribution >= 0.6 is 0 Å². The molecule has 0 bridgehead atoms. The molecule has 0 spiro atoms. The Morgan fingerprint density at radius 1 is 1.07 bits per heavy atom. The van der Waals surface area contributed by atoms with Crippen molar-refractivity contribution in [3.63, 3.8) is 0 Å². The highest BCUT2D eigenvalue weighted by Crippen LogP contribution is 2.14. The second-order valence-electron chi connectivity index (χ2n) is 2.08. The monoisotopic (exact) mass is 215 g/mol. The summed E-state index contributed by atoms with van der Waals surface area (Å²) in [6.45, 7) is 0. The minimum absolute atomic E-state index is 0.793. The molecular formula is C5H4F3NO5. The zero-order chi connectivity index (χ0) is 11.5. The van der Waals surface area contributed by atoms with E-state index in [1.165, 1.54) is 0 Å². The summed E-state index contributed by atoms with van der Waals surface area (Å²) in [4.78, 5) is 30.2. The molecular weight excluding hydrogens is 211 g/mol. The predicted molar refractivity (Wildman–Crippen MR) is 33.3 cm³/mol. The highest BCUT2D eigenvalue weighted by Gasteiger charge is 2.42. The second kappa shape index (κ2) is 3.94. The first-order valence-corrected chi connectivity index (χ1v) is 2.99. The van der Waals surface area contributed by atoms with E-state index in [1.807, 2.05) is 0 Å². The van der Waals surface area contributed by atoms with Crippen LogP contribution in [0.2, 0.25) is 0 Å². The molecule has 0 aliphatic rings. The van der Waals surface area contributed by atoms with Gasteiger partial charge in [-0.3, -0.25) is 4.79 Å². The van der Waals surface area contributed by atoms with Crippen LogP contribution in [0, 0.1) is 0 Å². The van der Waals surface area contributed by atoms with Crippen molar-refractivity contribution in [3.05, 3.63) is 0 Å². The van der Waals surface area contributed by atoms with Crippen molar-refractivity contribution >= 4 is 17.8 Å². The Hall–Kier alpha value is -1.80. The van der Waals surface area contributed by atoms with Gasteiger partial charge in [0.15, 0.2) is 0 Å². The van der Waals surface area contributed by atoms with E-state index in [9.17, 15) is 27.6 Å². The number of carboxylic acid groups (broad SMARTS) is 2. The Morgan fingerprint density at radius 3 is 1.64 bits per heavy atom. The average Bonchev–Trinajstić information content (AvgIpc) is 1.96. The van der Waals surface area contributed by atoms with Crippen molar-refractivity contribution in [3.8, 4) is 0 Å². The number of rotatable bonds is 3. The number of hydrogen-bond donors (Lipinski definition) is 3. The maximum atomic E-state index is 11.5. The summed E-state index contributed by atoms with van der Waals surface area (Å²) in [5, 5.41) is 17.0. The molecule has 0 fully saturated rings. The summed E-state index contributed by atoms with van der Waals surface area (Å²) in [5.74, 6) is -6.79. The minimum Gasteiger partial charge on any atom is -0.479 e. The van der Waals surface area contributed by atoms with Gasteiger partial charge in [-0.25, -0.2) is 9.59 Å². The van der Waals surface area contributed by atoms with Gasteiger partial charge in [0.25, 0.3) is 0 Å². The normalized spacial score (nSPS) is 11.1. The Balaban J connectivity index is 4.56. The average molecular weight is 215 g/mol. The van der Waals surface area contributed by atoms with Crippen LogP contribution in [-0.2, 0) is 14.4 Å². The fourth-order valence-corrected chi connectivity index (χ4v) is 0.442. The van der Waals surface area contributed by atoms with Crippen LogP contribution < -0.4 is 5.32 Å². The van der Waals surface area contributed by atoms with Crippen molar-refractivity contribution in [2.75, 3.05) is 0 Å². The number of nitrogens with one attached hydrogen (secondary N) is 1. The molecule has 6 nitrogen and oxygen atoms in total. The molecule has 0 radical (unpaired) electrons. The van der Waals surface area contributed by atoms with Gasteiger partial charge in [0.05, 0.1) is 0 Å². The van der Waals surface area contributed by atoms with E-state index in [0.29, 0.717) is 0 Å². The van der Waals surface area contributed by atoms with E-state index < -0.39 is 30.1 Å². The molecule has 80 valence electrons. The molecule has 0 unspecified atom stereocenters. The number of carboxylic acids is 2. The molecule has 3 N–H and O–H groups in total. The van der Waals surface area contributed by atoms with Gasteiger partial charge in [0.2, 0.25) is 6.04 Å². The molecule has 0 rings (SSSR count). The van der Waals surface area contributed by atoms with E-state index in [-0.39, 0.29) is 0 Å². The van der Waals surface area contributed by atoms with Crippen molar-refractivity contribution in [2.24, 2.45) is 0 Å². The molecule has 0 heterocycles. The van der Waals surface area contributed by atoms with E-state index in [2.05, 4.69) is 0 Å². The molecule has 1 amide bonds. The van der Waals surface area contributed by atoms with Crippen LogP contribution in [0.15, 0.2) is 0 Å². The smallest absolute Gasteiger partial charge is 0.471 e. The van der Waals surface area contributed by atoms with Crippen molar-refractivity contribution in [2.45, 2.75) is 12.2 Å². The van der Waals surface area contributed by atoms with Gasteiger partial charge in [0, 0.05) is 0 Å². The first kappa shape index (κ1) is 12.2. The lowest BCUT2D eigenvalue weighted by Crippen LogP contribution is -2.50. The summed E-state index contributed by atoms with van der Waals surface area (Å²) >= 11 is 0. The maximum absolute atomic E-state index is 11.5. The molecule has 0 aromatic carbocycles. The first-order valence-electron chi connectivity index (χ1n) is 2.99. The number of carbonyl (C=O) groups excluding carboxylic acids is 1. The van der Waals surface area contributed by atoms with Crippen LogP contribution in [0.1, 0.15) is 0 Å². The Bertz CT molecular complexity index is 259. The van der Waals surface area contributed by atoms with Crippen LogP contribution in [0.3, 0.4) is 0 Å². The molecule has 9 heteroatoms. The highest BCUT2D eigenvalue weighted by molar-refractivity contribution is 6.01. The highest BCUT2D eigenvalue weighted by atomic mass is 19.4. The largest absolute Gasteiger partial charge is 0.479 e. The third kappa shape index (κ3) is 3.29. The molecule has 0 aliphatic heterocycles. The van der Waals surface area contributed by atoms with Gasteiger partial charge in [-0.1, -0.05) is 0 Å². The van der Waals surface area contributed by atoms with Crippen LogP contribution in [-0.4, -0.2) is 40.3 Å². The topological polar surface area (TPSA) is 104 Å². The van der Waals surface area contributed by atoms with Gasteiger partial charge in [0.1, 0.15) is 0 Å². The zero-order valence-electron chi connectivity index (χ0n) is 6.33. The summed E-state index contributed by atoms with van der Waals surface area (Å²) < 4.78 is 34.6. The lowest BCUT2D eigenvalue weighted by Gasteiger charge is -2.11.